The van der Waals surface area contributed by atoms with E-state index in [1.807, 2.05) is 31.2 Å². The van der Waals surface area contributed by atoms with Crippen molar-refractivity contribution in [3.05, 3.63) is 48.0 Å². The van der Waals surface area contributed by atoms with Crippen LogP contribution in [0, 0.1) is 6.92 Å². The monoisotopic (exact) mass is 434 g/mol. The number of nitrogens with zero attached hydrogens (tertiary/aromatic N) is 1. The predicted molar refractivity (Wildman–Crippen MR) is 112 cm³/mol. The molecule has 8 nitrogen and oxygen atoms in total. The molecule has 0 unspecified atom stereocenters. The molecule has 0 bridgehead atoms. The van der Waals surface area contributed by atoms with E-state index in [0.717, 1.165) is 5.56 Å². The number of methoxy groups -OCH3 is 1. The summed E-state index contributed by atoms with van der Waals surface area (Å²) in [6.07, 6.45) is 0.109. The number of morpholine rings is 1. The molecule has 1 N–H and O–H groups in total. The fraction of sp³-hybridized carbons (Fsp3) is 0.381. The van der Waals surface area contributed by atoms with E-state index in [9.17, 15) is 13.2 Å². The normalized spacial score (nSPS) is 14.9. The van der Waals surface area contributed by atoms with Gasteiger partial charge in [0.15, 0.2) is 0 Å². The van der Waals surface area contributed by atoms with Crippen LogP contribution in [0.15, 0.2) is 47.4 Å². The van der Waals surface area contributed by atoms with Crippen molar-refractivity contribution in [2.24, 2.45) is 0 Å². The molecular formula is C21H26N2O6S. The number of ether oxygens (including phenoxy) is 3. The van der Waals surface area contributed by atoms with Crippen molar-refractivity contribution in [2.45, 2.75) is 18.2 Å². The lowest BCUT2D eigenvalue weighted by molar-refractivity contribution is -0.116. The van der Waals surface area contributed by atoms with Crippen molar-refractivity contribution in [3.63, 3.8) is 0 Å². The van der Waals surface area contributed by atoms with E-state index in [4.69, 9.17) is 14.2 Å². The van der Waals surface area contributed by atoms with Crippen LogP contribution in [0.25, 0.3) is 0 Å². The van der Waals surface area contributed by atoms with E-state index in [1.165, 1.54) is 29.6 Å². The minimum atomic E-state index is -3.68. The van der Waals surface area contributed by atoms with Crippen LogP contribution in [0.4, 0.5) is 5.69 Å². The van der Waals surface area contributed by atoms with E-state index in [2.05, 4.69) is 5.32 Å². The number of benzene rings is 2. The summed E-state index contributed by atoms with van der Waals surface area (Å²) < 4.78 is 43.2. The molecule has 1 aliphatic heterocycles. The fourth-order valence-electron chi connectivity index (χ4n) is 3.06. The van der Waals surface area contributed by atoms with Gasteiger partial charge in [-0.25, -0.2) is 8.42 Å². The molecule has 0 aliphatic carbocycles. The van der Waals surface area contributed by atoms with Gasteiger partial charge in [-0.2, -0.15) is 4.31 Å². The van der Waals surface area contributed by atoms with Crippen molar-refractivity contribution in [1.82, 2.24) is 4.31 Å². The standard InChI is InChI=1S/C21H26N2O6S/c1-16-4-3-5-17(14-16)29-11-8-21(24)22-19-15-18(6-7-20(19)27-2)30(25,26)23-9-12-28-13-10-23/h3-7,14-15H,8-13H2,1-2H3,(H,22,24). The number of carbonyl (C=O) groups excluding carboxylic acids is 1. The van der Waals surface area contributed by atoms with Gasteiger partial charge in [-0.05, 0) is 42.8 Å². The van der Waals surface area contributed by atoms with Gasteiger partial charge in [0, 0.05) is 13.1 Å². The van der Waals surface area contributed by atoms with Gasteiger partial charge in [-0.3, -0.25) is 4.79 Å². The first kappa shape index (κ1) is 22.1. The number of carbonyl (C=O) groups is 1. The number of aryl methyl sites for hydroxylation is 1. The van der Waals surface area contributed by atoms with Gasteiger partial charge in [0.2, 0.25) is 15.9 Å². The van der Waals surface area contributed by atoms with E-state index >= 15 is 0 Å². The maximum absolute atomic E-state index is 12.9. The third-order valence-electron chi connectivity index (χ3n) is 4.64. The van der Waals surface area contributed by atoms with Crippen LogP contribution in [0.2, 0.25) is 0 Å². The third kappa shape index (κ3) is 5.50. The highest BCUT2D eigenvalue weighted by atomic mass is 32.2. The van der Waals surface area contributed by atoms with Gasteiger partial charge in [0.05, 0.1) is 43.9 Å². The zero-order chi connectivity index (χ0) is 21.6. The Hall–Kier alpha value is -2.62. The molecule has 2 aromatic carbocycles. The lowest BCUT2D eigenvalue weighted by Crippen LogP contribution is -2.40. The molecule has 0 saturated carbocycles. The quantitative estimate of drug-likeness (QED) is 0.686. The van der Waals surface area contributed by atoms with Gasteiger partial charge in [0.1, 0.15) is 11.5 Å². The Kier molecular flexibility index (Phi) is 7.30. The summed E-state index contributed by atoms with van der Waals surface area (Å²) in [5.41, 5.74) is 1.37. The molecule has 1 aliphatic rings. The van der Waals surface area contributed by atoms with Crippen LogP contribution >= 0.6 is 0 Å². The number of anilines is 1. The third-order valence-corrected chi connectivity index (χ3v) is 6.53. The van der Waals surface area contributed by atoms with E-state index in [1.54, 1.807) is 0 Å². The first-order valence-electron chi connectivity index (χ1n) is 9.65. The second-order valence-electron chi connectivity index (χ2n) is 6.84. The molecule has 0 aromatic heterocycles. The van der Waals surface area contributed by atoms with Gasteiger partial charge >= 0.3 is 0 Å². The number of amides is 1. The number of nitrogens with one attached hydrogen (secondary N) is 1. The molecule has 162 valence electrons. The second kappa shape index (κ2) is 9.92. The first-order valence-corrected chi connectivity index (χ1v) is 11.1. The molecule has 9 heteroatoms. The van der Waals surface area contributed by atoms with E-state index < -0.39 is 10.0 Å². The van der Waals surface area contributed by atoms with E-state index in [-0.39, 0.29) is 23.8 Å². The van der Waals surface area contributed by atoms with Crippen molar-refractivity contribution in [2.75, 3.05) is 45.3 Å². The average molecular weight is 435 g/mol. The summed E-state index contributed by atoms with van der Waals surface area (Å²) in [5, 5.41) is 2.72. The Morgan fingerprint density at radius 1 is 1.17 bits per heavy atom. The molecular weight excluding hydrogens is 408 g/mol. The number of rotatable bonds is 8. The lowest BCUT2D eigenvalue weighted by Gasteiger charge is -2.26. The zero-order valence-electron chi connectivity index (χ0n) is 17.1. The van der Waals surface area contributed by atoms with Crippen LogP contribution in [0.5, 0.6) is 11.5 Å². The maximum Gasteiger partial charge on any atom is 0.243 e. The Labute approximate surface area is 176 Å². The highest BCUT2D eigenvalue weighted by Gasteiger charge is 2.27. The maximum atomic E-state index is 12.9. The van der Waals surface area contributed by atoms with Crippen molar-refractivity contribution < 1.29 is 27.4 Å². The molecule has 3 rings (SSSR count). The summed E-state index contributed by atoms with van der Waals surface area (Å²) in [4.78, 5) is 12.5. The number of hydrogen-bond acceptors (Lipinski definition) is 6. The molecule has 0 radical (unpaired) electrons. The Balaban J connectivity index is 1.66. The Morgan fingerprint density at radius 2 is 1.93 bits per heavy atom. The number of sulfonamides is 1. The highest BCUT2D eigenvalue weighted by molar-refractivity contribution is 7.89. The van der Waals surface area contributed by atoms with Gasteiger partial charge in [-0.15, -0.1) is 0 Å². The predicted octanol–water partition coefficient (Wildman–Crippen LogP) is 2.43. The summed E-state index contributed by atoms with van der Waals surface area (Å²) >= 11 is 0. The van der Waals surface area contributed by atoms with Crippen LogP contribution in [-0.4, -0.2) is 58.7 Å². The highest BCUT2D eigenvalue weighted by Crippen LogP contribution is 2.29. The van der Waals surface area contributed by atoms with Crippen LogP contribution in [-0.2, 0) is 19.6 Å². The lowest BCUT2D eigenvalue weighted by atomic mass is 10.2. The van der Waals surface area contributed by atoms with Crippen molar-refractivity contribution >= 4 is 21.6 Å². The summed E-state index contributed by atoms with van der Waals surface area (Å²) in [7, 11) is -2.22. The average Bonchev–Trinajstić information content (AvgIpc) is 2.74. The Morgan fingerprint density at radius 3 is 2.63 bits per heavy atom. The Bertz CT molecular complexity index is 987. The largest absolute Gasteiger partial charge is 0.495 e. The molecule has 0 atom stereocenters. The van der Waals surface area contributed by atoms with Gasteiger partial charge in [-0.1, -0.05) is 12.1 Å². The zero-order valence-corrected chi connectivity index (χ0v) is 17.9. The van der Waals surface area contributed by atoms with Gasteiger partial charge < -0.3 is 19.5 Å². The number of hydrogen-bond donors (Lipinski definition) is 1. The van der Waals surface area contributed by atoms with Crippen molar-refractivity contribution in [1.29, 1.82) is 0 Å². The first-order chi connectivity index (χ1) is 14.4. The minimum Gasteiger partial charge on any atom is -0.495 e. The summed E-state index contributed by atoms with van der Waals surface area (Å²) in [6, 6.07) is 12.0. The molecule has 1 amide bonds. The van der Waals surface area contributed by atoms with Crippen LogP contribution in [0.3, 0.4) is 0 Å². The SMILES string of the molecule is COc1ccc(S(=O)(=O)N2CCOCC2)cc1NC(=O)CCOc1cccc(C)c1. The molecule has 0 spiro atoms. The van der Waals surface area contributed by atoms with Crippen LogP contribution < -0.4 is 14.8 Å². The molecule has 2 aromatic rings. The fourth-order valence-corrected chi connectivity index (χ4v) is 4.50. The van der Waals surface area contributed by atoms with E-state index in [0.29, 0.717) is 43.5 Å². The summed E-state index contributed by atoms with van der Waals surface area (Å²) in [6.45, 7) is 3.48. The molecule has 1 fully saturated rings. The minimum absolute atomic E-state index is 0.0940. The van der Waals surface area contributed by atoms with Crippen LogP contribution in [0.1, 0.15) is 12.0 Å². The molecule has 1 saturated heterocycles. The van der Waals surface area contributed by atoms with Gasteiger partial charge in [0.25, 0.3) is 0 Å². The van der Waals surface area contributed by atoms with Crippen molar-refractivity contribution in [3.8, 4) is 11.5 Å². The summed E-state index contributed by atoms with van der Waals surface area (Å²) in [5.74, 6) is 0.768. The molecule has 30 heavy (non-hydrogen) atoms. The smallest absolute Gasteiger partial charge is 0.243 e. The molecule has 1 heterocycles. The topological polar surface area (TPSA) is 94.2 Å². The second-order valence-corrected chi connectivity index (χ2v) is 8.78.